The van der Waals surface area contributed by atoms with Crippen LogP contribution in [0.4, 0.5) is 0 Å². The van der Waals surface area contributed by atoms with Crippen molar-refractivity contribution in [3.63, 3.8) is 0 Å². The summed E-state index contributed by atoms with van der Waals surface area (Å²) in [5.74, 6) is 1.32. The van der Waals surface area contributed by atoms with Crippen molar-refractivity contribution in [2.75, 3.05) is 5.75 Å². The molecule has 0 spiro atoms. The third-order valence-corrected chi connectivity index (χ3v) is 6.84. The van der Waals surface area contributed by atoms with Crippen LogP contribution in [0.15, 0.2) is 34.8 Å². The van der Waals surface area contributed by atoms with E-state index in [1.165, 1.54) is 41.1 Å². The standard InChI is InChI=1S/C19H22N4OS2/c1-23-18(15-11-25-16-10-6-5-9-14(15)16)21-22-19(23)26-12-17(24)20-13-7-3-2-4-8-13/h5-6,9-11,13H,2-4,7-8,12H2,1H3,(H,20,24). The zero-order chi connectivity index (χ0) is 17.9. The van der Waals surface area contributed by atoms with Crippen LogP contribution in [-0.2, 0) is 11.8 Å². The molecule has 2 heterocycles. The van der Waals surface area contributed by atoms with E-state index in [2.05, 4.69) is 33.0 Å². The van der Waals surface area contributed by atoms with E-state index in [1.54, 1.807) is 11.3 Å². The van der Waals surface area contributed by atoms with Crippen molar-refractivity contribution in [2.24, 2.45) is 7.05 Å². The van der Waals surface area contributed by atoms with Crippen LogP contribution in [0.2, 0.25) is 0 Å². The molecule has 7 heteroatoms. The molecule has 0 bridgehead atoms. The summed E-state index contributed by atoms with van der Waals surface area (Å²) < 4.78 is 3.22. The van der Waals surface area contributed by atoms with Crippen LogP contribution >= 0.6 is 23.1 Å². The predicted octanol–water partition coefficient (Wildman–Crippen LogP) is 4.24. The third kappa shape index (κ3) is 3.64. The number of aromatic nitrogens is 3. The quantitative estimate of drug-likeness (QED) is 0.667. The molecule has 0 aliphatic heterocycles. The lowest BCUT2D eigenvalue weighted by Gasteiger charge is -2.22. The van der Waals surface area contributed by atoms with Gasteiger partial charge in [-0.05, 0) is 18.9 Å². The smallest absolute Gasteiger partial charge is 0.230 e. The zero-order valence-corrected chi connectivity index (χ0v) is 16.4. The van der Waals surface area contributed by atoms with E-state index >= 15 is 0 Å². The molecule has 1 aromatic carbocycles. The maximum atomic E-state index is 12.2. The van der Waals surface area contributed by atoms with Gasteiger partial charge in [0.2, 0.25) is 5.91 Å². The second kappa shape index (κ2) is 7.80. The number of thioether (sulfide) groups is 1. The summed E-state index contributed by atoms with van der Waals surface area (Å²) in [7, 11) is 1.96. The van der Waals surface area contributed by atoms with E-state index in [1.807, 2.05) is 23.7 Å². The first-order valence-corrected chi connectivity index (χ1v) is 10.9. The van der Waals surface area contributed by atoms with Gasteiger partial charge in [-0.15, -0.1) is 21.5 Å². The number of amides is 1. The Hall–Kier alpha value is -1.86. The predicted molar refractivity (Wildman–Crippen MR) is 108 cm³/mol. The summed E-state index contributed by atoms with van der Waals surface area (Å²) in [6.45, 7) is 0. The highest BCUT2D eigenvalue weighted by molar-refractivity contribution is 7.99. The molecule has 0 unspecified atom stereocenters. The molecule has 1 aliphatic carbocycles. The van der Waals surface area contributed by atoms with Crippen molar-refractivity contribution in [3.8, 4) is 11.4 Å². The van der Waals surface area contributed by atoms with E-state index in [0.717, 1.165) is 29.4 Å². The largest absolute Gasteiger partial charge is 0.353 e. The first kappa shape index (κ1) is 17.5. The lowest BCUT2D eigenvalue weighted by Crippen LogP contribution is -2.37. The second-order valence-electron chi connectivity index (χ2n) is 6.70. The van der Waals surface area contributed by atoms with Gasteiger partial charge in [0.15, 0.2) is 11.0 Å². The maximum absolute atomic E-state index is 12.2. The van der Waals surface area contributed by atoms with Gasteiger partial charge >= 0.3 is 0 Å². The summed E-state index contributed by atoms with van der Waals surface area (Å²) in [6.07, 6.45) is 5.95. The van der Waals surface area contributed by atoms with E-state index in [9.17, 15) is 4.79 Å². The molecule has 3 aromatic rings. The Kier molecular flexibility index (Phi) is 5.26. The lowest BCUT2D eigenvalue weighted by atomic mass is 9.95. The summed E-state index contributed by atoms with van der Waals surface area (Å²) in [5, 5.41) is 15.9. The molecular formula is C19H22N4OS2. The number of nitrogens with zero attached hydrogens (tertiary/aromatic N) is 3. The van der Waals surface area contributed by atoms with Crippen LogP contribution in [0, 0.1) is 0 Å². The van der Waals surface area contributed by atoms with E-state index in [0.29, 0.717) is 11.8 Å². The number of carbonyl (C=O) groups is 1. The fraction of sp³-hybridized carbons (Fsp3) is 0.421. The third-order valence-electron chi connectivity index (χ3n) is 4.86. The Morgan fingerprint density at radius 3 is 2.92 bits per heavy atom. The average Bonchev–Trinajstić information content (AvgIpc) is 3.24. The van der Waals surface area contributed by atoms with Crippen molar-refractivity contribution < 1.29 is 4.79 Å². The lowest BCUT2D eigenvalue weighted by molar-refractivity contribution is -0.119. The molecule has 1 saturated carbocycles. The van der Waals surface area contributed by atoms with Crippen LogP contribution in [0.5, 0.6) is 0 Å². The number of fused-ring (bicyclic) bond motifs is 1. The molecule has 26 heavy (non-hydrogen) atoms. The summed E-state index contributed by atoms with van der Waals surface area (Å²) in [5.41, 5.74) is 1.10. The van der Waals surface area contributed by atoms with E-state index in [-0.39, 0.29) is 5.91 Å². The van der Waals surface area contributed by atoms with Crippen LogP contribution < -0.4 is 5.32 Å². The minimum atomic E-state index is 0.0902. The van der Waals surface area contributed by atoms with Gasteiger partial charge in [0.25, 0.3) is 0 Å². The van der Waals surface area contributed by atoms with Crippen LogP contribution in [0.3, 0.4) is 0 Å². The van der Waals surface area contributed by atoms with Gasteiger partial charge in [0.05, 0.1) is 5.75 Å². The highest BCUT2D eigenvalue weighted by Gasteiger charge is 2.18. The van der Waals surface area contributed by atoms with Crippen molar-refractivity contribution in [1.82, 2.24) is 20.1 Å². The number of hydrogen-bond acceptors (Lipinski definition) is 5. The molecule has 1 N–H and O–H groups in total. The van der Waals surface area contributed by atoms with Crippen LogP contribution in [0.25, 0.3) is 21.5 Å². The fourth-order valence-electron chi connectivity index (χ4n) is 3.47. The maximum Gasteiger partial charge on any atom is 0.230 e. The molecular weight excluding hydrogens is 364 g/mol. The summed E-state index contributed by atoms with van der Waals surface area (Å²) in [6, 6.07) is 8.67. The fourth-order valence-corrected chi connectivity index (χ4v) is 5.13. The number of hydrogen-bond donors (Lipinski definition) is 1. The average molecular weight is 387 g/mol. The molecule has 0 atom stereocenters. The van der Waals surface area contributed by atoms with Gasteiger partial charge in [-0.2, -0.15) is 0 Å². The number of benzene rings is 1. The number of nitrogens with one attached hydrogen (secondary N) is 1. The molecule has 136 valence electrons. The van der Waals surface area contributed by atoms with Gasteiger partial charge in [0.1, 0.15) is 0 Å². The highest BCUT2D eigenvalue weighted by Crippen LogP contribution is 2.33. The Morgan fingerprint density at radius 2 is 2.08 bits per heavy atom. The van der Waals surface area contributed by atoms with E-state index in [4.69, 9.17) is 0 Å². The minimum Gasteiger partial charge on any atom is -0.353 e. The van der Waals surface area contributed by atoms with Crippen molar-refractivity contribution in [1.29, 1.82) is 0 Å². The number of thiophene rings is 1. The first-order valence-electron chi connectivity index (χ1n) is 9.00. The SMILES string of the molecule is Cn1c(SCC(=O)NC2CCCCC2)nnc1-c1csc2ccccc12. The summed E-state index contributed by atoms with van der Waals surface area (Å²) >= 11 is 3.16. The van der Waals surface area contributed by atoms with Crippen molar-refractivity contribution in [2.45, 2.75) is 43.3 Å². The Labute approximate surface area is 161 Å². The molecule has 0 radical (unpaired) electrons. The van der Waals surface area contributed by atoms with Crippen molar-refractivity contribution in [3.05, 3.63) is 29.6 Å². The second-order valence-corrected chi connectivity index (χ2v) is 8.56. The Balaban J connectivity index is 1.43. The first-order chi connectivity index (χ1) is 12.7. The van der Waals surface area contributed by atoms with Crippen LogP contribution in [0.1, 0.15) is 32.1 Å². The minimum absolute atomic E-state index is 0.0902. The molecule has 1 aliphatic rings. The Morgan fingerprint density at radius 1 is 1.27 bits per heavy atom. The zero-order valence-electron chi connectivity index (χ0n) is 14.8. The molecule has 4 rings (SSSR count). The van der Waals surface area contributed by atoms with Gasteiger partial charge in [0, 0.05) is 34.1 Å². The van der Waals surface area contributed by atoms with Gasteiger partial charge in [-0.25, -0.2) is 0 Å². The van der Waals surface area contributed by atoms with Gasteiger partial charge in [-0.1, -0.05) is 49.2 Å². The molecule has 1 fully saturated rings. The van der Waals surface area contributed by atoms with Crippen LogP contribution in [-0.4, -0.2) is 32.5 Å². The number of carbonyl (C=O) groups excluding carboxylic acids is 1. The molecule has 2 aromatic heterocycles. The summed E-state index contributed by atoms with van der Waals surface area (Å²) in [4.78, 5) is 12.2. The van der Waals surface area contributed by atoms with Gasteiger partial charge < -0.3 is 9.88 Å². The topological polar surface area (TPSA) is 59.8 Å². The van der Waals surface area contributed by atoms with Gasteiger partial charge in [-0.3, -0.25) is 4.79 Å². The number of rotatable bonds is 5. The van der Waals surface area contributed by atoms with Crippen molar-refractivity contribution >= 4 is 39.1 Å². The monoisotopic (exact) mass is 386 g/mol. The Bertz CT molecular complexity index is 911. The van der Waals surface area contributed by atoms with E-state index < -0.39 is 0 Å². The molecule has 0 saturated heterocycles. The molecule has 1 amide bonds. The highest BCUT2D eigenvalue weighted by atomic mass is 32.2. The molecule has 5 nitrogen and oxygen atoms in total. The normalized spacial score (nSPS) is 15.4.